The number of aryl methyl sites for hydroxylation is 1. The molecule has 6 rings (SSSR count). The number of hydrogen-bond acceptors (Lipinski definition) is 6. The molecule has 1 aromatic heterocycles. The first-order chi connectivity index (χ1) is 18.3. The third-order valence-electron chi connectivity index (χ3n) is 8.09. The Morgan fingerprint density at radius 1 is 1.11 bits per heavy atom. The van der Waals surface area contributed by atoms with Gasteiger partial charge in [-0.2, -0.15) is 0 Å². The Kier molecular flexibility index (Phi) is 5.78. The van der Waals surface area contributed by atoms with Crippen LogP contribution in [0.25, 0.3) is 16.6 Å². The van der Waals surface area contributed by atoms with Crippen molar-refractivity contribution in [3.63, 3.8) is 0 Å². The molecule has 3 aromatic rings. The Hall–Kier alpha value is -4.07. The molecular weight excluding hydrogens is 478 g/mol. The minimum atomic E-state index is -0.792. The number of carboxylic acids is 1. The van der Waals surface area contributed by atoms with Gasteiger partial charge in [-0.05, 0) is 62.4 Å². The molecule has 8 nitrogen and oxygen atoms in total. The monoisotopic (exact) mass is 509 g/mol. The van der Waals surface area contributed by atoms with Crippen LogP contribution in [0.2, 0.25) is 0 Å². The summed E-state index contributed by atoms with van der Waals surface area (Å²) >= 11 is 0. The summed E-state index contributed by atoms with van der Waals surface area (Å²) in [5.41, 5.74) is 11.0. The van der Waals surface area contributed by atoms with Gasteiger partial charge in [0, 0.05) is 29.2 Å². The van der Waals surface area contributed by atoms with E-state index in [1.807, 2.05) is 69.3 Å². The number of amidine groups is 1. The van der Waals surface area contributed by atoms with Gasteiger partial charge in [0.1, 0.15) is 17.7 Å². The van der Waals surface area contributed by atoms with Crippen LogP contribution in [-0.2, 0) is 4.79 Å². The lowest BCUT2D eigenvalue weighted by molar-refractivity contribution is -0.138. The summed E-state index contributed by atoms with van der Waals surface area (Å²) in [5.74, 6) is 0.0479. The highest BCUT2D eigenvalue weighted by Crippen LogP contribution is 2.53. The van der Waals surface area contributed by atoms with E-state index in [9.17, 15) is 14.7 Å². The molecule has 3 aliphatic rings. The van der Waals surface area contributed by atoms with Crippen LogP contribution >= 0.6 is 0 Å². The van der Waals surface area contributed by atoms with Gasteiger partial charge in [0.05, 0.1) is 22.5 Å². The van der Waals surface area contributed by atoms with Crippen molar-refractivity contribution >= 4 is 28.4 Å². The Labute approximate surface area is 220 Å². The number of hydrogen-bond donors (Lipinski definition) is 2. The van der Waals surface area contributed by atoms with E-state index < -0.39 is 17.9 Å². The van der Waals surface area contributed by atoms with Crippen LogP contribution < -0.4 is 11.3 Å². The fourth-order valence-electron chi connectivity index (χ4n) is 5.92. The molecule has 2 aliphatic carbocycles. The molecule has 1 aliphatic heterocycles. The van der Waals surface area contributed by atoms with E-state index in [-0.39, 0.29) is 23.3 Å². The number of para-hydroxylation sites is 1. The van der Waals surface area contributed by atoms with E-state index in [1.165, 1.54) is 0 Å². The van der Waals surface area contributed by atoms with E-state index in [1.54, 1.807) is 4.57 Å². The summed E-state index contributed by atoms with van der Waals surface area (Å²) in [6.45, 7) is 5.86. The summed E-state index contributed by atoms with van der Waals surface area (Å²) in [7, 11) is 0. The van der Waals surface area contributed by atoms with Crippen molar-refractivity contribution in [3.8, 4) is 5.69 Å². The van der Waals surface area contributed by atoms with E-state index >= 15 is 0 Å². The van der Waals surface area contributed by atoms with Crippen LogP contribution in [0.5, 0.6) is 0 Å². The van der Waals surface area contributed by atoms with Gasteiger partial charge in [-0.25, -0.2) is 9.98 Å². The molecule has 2 aromatic carbocycles. The molecule has 2 heterocycles. The Morgan fingerprint density at radius 2 is 1.87 bits per heavy atom. The number of rotatable bonds is 6. The van der Waals surface area contributed by atoms with Crippen molar-refractivity contribution in [2.45, 2.75) is 46.1 Å². The van der Waals surface area contributed by atoms with Gasteiger partial charge < -0.3 is 10.8 Å². The Morgan fingerprint density at radius 3 is 2.55 bits per heavy atom. The van der Waals surface area contributed by atoms with Crippen molar-refractivity contribution in [3.05, 3.63) is 81.5 Å². The van der Waals surface area contributed by atoms with Crippen molar-refractivity contribution < 1.29 is 9.90 Å². The fraction of sp³-hybridized carbons (Fsp3) is 0.367. The van der Waals surface area contributed by atoms with E-state index in [0.29, 0.717) is 35.4 Å². The summed E-state index contributed by atoms with van der Waals surface area (Å²) in [6, 6.07) is 14.9. The molecule has 0 radical (unpaired) electrons. The number of carboxylic acid groups (broad SMARTS) is 1. The molecule has 0 spiro atoms. The van der Waals surface area contributed by atoms with Gasteiger partial charge in [0.25, 0.3) is 5.56 Å². The first-order valence-corrected chi connectivity index (χ1v) is 13.2. The fourth-order valence-corrected chi connectivity index (χ4v) is 5.92. The van der Waals surface area contributed by atoms with Gasteiger partial charge >= 0.3 is 5.97 Å². The lowest BCUT2D eigenvalue weighted by Gasteiger charge is -2.21. The molecule has 3 N–H and O–H groups in total. The number of carbonyl (C=O) groups is 1. The maximum Gasteiger partial charge on any atom is 0.307 e. The van der Waals surface area contributed by atoms with Crippen LogP contribution in [0, 0.1) is 30.6 Å². The van der Waals surface area contributed by atoms with Crippen molar-refractivity contribution in [1.29, 1.82) is 0 Å². The molecule has 0 bridgehead atoms. The second-order valence-corrected chi connectivity index (χ2v) is 10.6. The molecule has 0 saturated heterocycles. The van der Waals surface area contributed by atoms with Gasteiger partial charge in [-0.1, -0.05) is 37.3 Å². The highest BCUT2D eigenvalue weighted by molar-refractivity contribution is 6.10. The molecule has 38 heavy (non-hydrogen) atoms. The third kappa shape index (κ3) is 3.95. The Balaban J connectivity index is 1.56. The quantitative estimate of drug-likeness (QED) is 0.503. The average Bonchev–Trinajstić information content (AvgIpc) is 3.80. The number of allylic oxidation sites excluding steroid dienone is 2. The first-order valence-electron chi connectivity index (χ1n) is 13.2. The maximum absolute atomic E-state index is 14.0. The van der Waals surface area contributed by atoms with Crippen molar-refractivity contribution in [2.24, 2.45) is 39.4 Å². The minimum Gasteiger partial charge on any atom is -0.481 e. The first kappa shape index (κ1) is 24.3. The molecule has 5 atom stereocenters. The highest BCUT2D eigenvalue weighted by Gasteiger charge is 2.54. The van der Waals surface area contributed by atoms with Crippen LogP contribution in [0.15, 0.2) is 74.6 Å². The van der Waals surface area contributed by atoms with Crippen molar-refractivity contribution in [2.75, 3.05) is 0 Å². The Bertz CT molecular complexity index is 1620. The third-order valence-corrected chi connectivity index (χ3v) is 8.09. The van der Waals surface area contributed by atoms with Crippen molar-refractivity contribution in [1.82, 2.24) is 9.55 Å². The predicted octanol–water partition coefficient (Wildman–Crippen LogP) is 4.59. The maximum atomic E-state index is 14.0. The zero-order valence-corrected chi connectivity index (χ0v) is 21.8. The minimum absolute atomic E-state index is 0.106. The number of aromatic nitrogens is 2. The van der Waals surface area contributed by atoms with Crippen LogP contribution in [-0.4, -0.2) is 32.2 Å². The summed E-state index contributed by atoms with van der Waals surface area (Å²) in [5, 5.41) is 10.3. The van der Waals surface area contributed by atoms with Gasteiger partial charge in [-0.15, -0.1) is 0 Å². The molecule has 0 amide bonds. The normalized spacial score (nSPS) is 26.1. The van der Waals surface area contributed by atoms with E-state index in [4.69, 9.17) is 15.7 Å². The summed E-state index contributed by atoms with van der Waals surface area (Å²) in [6.07, 6.45) is 2.04. The SMILES string of the molecule is CCC(N=C1C(C2CC2C(=O)O)=C(C)N=C(N)C2CC12)c1nc2cccc(C)c2c(=O)n1-c1ccccc1. The van der Waals surface area contributed by atoms with Crippen LogP contribution in [0.3, 0.4) is 0 Å². The second kappa shape index (κ2) is 9.04. The smallest absolute Gasteiger partial charge is 0.307 e. The number of aliphatic carboxylic acids is 1. The number of aliphatic imine (C=N–C) groups is 2. The van der Waals surface area contributed by atoms with Gasteiger partial charge in [0.15, 0.2) is 0 Å². The van der Waals surface area contributed by atoms with Gasteiger partial charge in [-0.3, -0.25) is 19.1 Å². The highest BCUT2D eigenvalue weighted by atomic mass is 16.4. The zero-order chi connectivity index (χ0) is 26.7. The van der Waals surface area contributed by atoms with Crippen LogP contribution in [0.4, 0.5) is 0 Å². The standard InChI is InChI=1S/C30H31N5O3/c1-4-22(33-26-19-14-20(19)27(31)32-16(3)25(26)18-13-21(18)30(37)38)28-34-23-12-8-9-15(2)24(23)29(36)35(28)17-10-6-5-7-11-17/h5-12,18-22H,4,13-14H2,1-3H3,(H2,31,32)(H,37,38). The topological polar surface area (TPSA) is 123 Å². The molecule has 5 unspecified atom stereocenters. The largest absolute Gasteiger partial charge is 0.481 e. The molecule has 8 heteroatoms. The predicted molar refractivity (Wildman–Crippen MR) is 148 cm³/mol. The number of fused-ring (bicyclic) bond motifs is 2. The molecule has 194 valence electrons. The average molecular weight is 510 g/mol. The number of benzene rings is 2. The number of nitrogens with zero attached hydrogens (tertiary/aromatic N) is 4. The molecule has 2 fully saturated rings. The lowest BCUT2D eigenvalue weighted by atomic mass is 9.97. The summed E-state index contributed by atoms with van der Waals surface area (Å²) < 4.78 is 1.69. The lowest BCUT2D eigenvalue weighted by Crippen LogP contribution is -2.26. The van der Waals surface area contributed by atoms with E-state index in [2.05, 4.69) is 4.99 Å². The number of nitrogens with two attached hydrogens (primary N) is 1. The summed E-state index contributed by atoms with van der Waals surface area (Å²) in [4.78, 5) is 40.7. The van der Waals surface area contributed by atoms with E-state index in [0.717, 1.165) is 34.7 Å². The molecular formula is C30H31N5O3. The second-order valence-electron chi connectivity index (χ2n) is 10.6. The van der Waals surface area contributed by atoms with Crippen LogP contribution in [0.1, 0.15) is 50.5 Å². The van der Waals surface area contributed by atoms with Gasteiger partial charge in [0.2, 0.25) is 0 Å². The molecule has 2 saturated carbocycles. The zero-order valence-electron chi connectivity index (χ0n) is 21.8.